The van der Waals surface area contributed by atoms with Crippen molar-refractivity contribution in [3.05, 3.63) is 34.5 Å². The largest absolute Gasteiger partial charge is 0.360 e. The number of rotatable bonds is 2. The first-order chi connectivity index (χ1) is 7.59. The number of benzene rings is 1. The van der Waals surface area contributed by atoms with Crippen LogP contribution in [-0.4, -0.2) is 15.8 Å². The van der Waals surface area contributed by atoms with Crippen molar-refractivity contribution in [3.63, 3.8) is 0 Å². The summed E-state index contributed by atoms with van der Waals surface area (Å²) in [5, 5.41) is 13.7. The number of aromatic amines is 1. The van der Waals surface area contributed by atoms with Crippen molar-refractivity contribution in [2.75, 3.05) is 5.32 Å². The van der Waals surface area contributed by atoms with Crippen molar-refractivity contribution in [1.29, 1.82) is 0 Å². The second kappa shape index (κ2) is 3.65. The molecule has 0 bridgehead atoms. The van der Waals surface area contributed by atoms with E-state index in [2.05, 4.69) is 16.4 Å². The third kappa shape index (κ3) is 1.60. The monoisotopic (exact) mass is 218 g/mol. The standard InChI is InChI=1S/C10H8N3O3/c1-6(14)12-9-3-2-8-7(4-5-11-8)10(9)13(15)16/h2-3,5,11H,1H3,(H,12,14). The minimum Gasteiger partial charge on any atom is -0.360 e. The lowest BCUT2D eigenvalue weighted by molar-refractivity contribution is -0.382. The van der Waals surface area contributed by atoms with Gasteiger partial charge in [0.2, 0.25) is 5.91 Å². The van der Waals surface area contributed by atoms with E-state index in [0.717, 1.165) is 0 Å². The lowest BCUT2D eigenvalue weighted by Gasteiger charge is -2.03. The SMILES string of the molecule is CC(=O)Nc1ccc2[nH]c[c]c2c1[N+](=O)[O-]. The molecule has 0 aliphatic heterocycles. The topological polar surface area (TPSA) is 88.0 Å². The van der Waals surface area contributed by atoms with Crippen molar-refractivity contribution in [2.45, 2.75) is 6.92 Å². The average molecular weight is 218 g/mol. The number of amides is 1. The van der Waals surface area contributed by atoms with E-state index in [9.17, 15) is 14.9 Å². The summed E-state index contributed by atoms with van der Waals surface area (Å²) >= 11 is 0. The lowest BCUT2D eigenvalue weighted by Crippen LogP contribution is -2.08. The smallest absolute Gasteiger partial charge is 0.302 e. The second-order valence-electron chi connectivity index (χ2n) is 3.26. The van der Waals surface area contributed by atoms with Crippen LogP contribution < -0.4 is 5.32 Å². The molecular formula is C10H8N3O3. The van der Waals surface area contributed by atoms with E-state index in [0.29, 0.717) is 10.9 Å². The van der Waals surface area contributed by atoms with Crippen LogP contribution in [-0.2, 0) is 4.79 Å². The highest BCUT2D eigenvalue weighted by atomic mass is 16.6. The first-order valence-corrected chi connectivity index (χ1v) is 4.53. The Morgan fingerprint density at radius 3 is 2.94 bits per heavy atom. The zero-order chi connectivity index (χ0) is 11.7. The molecule has 0 fully saturated rings. The molecule has 81 valence electrons. The molecule has 0 aliphatic rings. The van der Waals surface area contributed by atoms with Crippen LogP contribution in [0.4, 0.5) is 11.4 Å². The van der Waals surface area contributed by atoms with Crippen LogP contribution in [0.2, 0.25) is 0 Å². The quantitative estimate of drug-likeness (QED) is 0.595. The second-order valence-corrected chi connectivity index (χ2v) is 3.26. The highest BCUT2D eigenvalue weighted by Gasteiger charge is 2.19. The third-order valence-electron chi connectivity index (χ3n) is 2.12. The van der Waals surface area contributed by atoms with E-state index in [1.54, 1.807) is 6.07 Å². The molecule has 6 heteroatoms. The van der Waals surface area contributed by atoms with Gasteiger partial charge in [0.05, 0.1) is 15.8 Å². The maximum absolute atomic E-state index is 10.9. The summed E-state index contributed by atoms with van der Waals surface area (Å²) in [5.74, 6) is -0.349. The van der Waals surface area contributed by atoms with Gasteiger partial charge in [0.1, 0.15) is 5.69 Å². The predicted molar refractivity (Wildman–Crippen MR) is 58.1 cm³/mol. The number of fused-ring (bicyclic) bond motifs is 1. The van der Waals surface area contributed by atoms with Crippen LogP contribution in [0, 0.1) is 16.2 Å². The highest BCUT2D eigenvalue weighted by Crippen LogP contribution is 2.32. The molecular weight excluding hydrogens is 210 g/mol. The summed E-state index contributed by atoms with van der Waals surface area (Å²) in [5.41, 5.74) is 0.649. The van der Waals surface area contributed by atoms with Gasteiger partial charge in [-0.15, -0.1) is 0 Å². The number of hydrogen-bond acceptors (Lipinski definition) is 3. The summed E-state index contributed by atoms with van der Waals surface area (Å²) in [6.45, 7) is 1.30. The minimum absolute atomic E-state index is 0.144. The van der Waals surface area contributed by atoms with Gasteiger partial charge in [-0.1, -0.05) is 0 Å². The van der Waals surface area contributed by atoms with Gasteiger partial charge in [0.25, 0.3) is 0 Å². The molecule has 2 rings (SSSR count). The molecule has 0 saturated carbocycles. The normalized spacial score (nSPS) is 10.3. The summed E-state index contributed by atoms with van der Waals surface area (Å²) in [6.07, 6.45) is 1.50. The Morgan fingerprint density at radius 2 is 2.31 bits per heavy atom. The van der Waals surface area contributed by atoms with Crippen molar-refractivity contribution in [1.82, 2.24) is 4.98 Å². The van der Waals surface area contributed by atoms with E-state index < -0.39 is 4.92 Å². The molecule has 0 spiro atoms. The van der Waals surface area contributed by atoms with Gasteiger partial charge in [-0.2, -0.15) is 0 Å². The van der Waals surface area contributed by atoms with Crippen molar-refractivity contribution >= 4 is 28.2 Å². The van der Waals surface area contributed by atoms with Crippen LogP contribution in [0.3, 0.4) is 0 Å². The number of nitrogens with zero attached hydrogens (tertiary/aromatic N) is 1. The van der Waals surface area contributed by atoms with Crippen LogP contribution in [0.1, 0.15) is 6.92 Å². The Hall–Kier alpha value is -2.37. The minimum atomic E-state index is -0.530. The van der Waals surface area contributed by atoms with Crippen LogP contribution in [0.25, 0.3) is 10.9 Å². The Kier molecular flexibility index (Phi) is 2.32. The van der Waals surface area contributed by atoms with Crippen molar-refractivity contribution in [3.8, 4) is 0 Å². The lowest BCUT2D eigenvalue weighted by atomic mass is 10.2. The number of hydrogen-bond donors (Lipinski definition) is 2. The van der Waals surface area contributed by atoms with E-state index in [1.165, 1.54) is 19.2 Å². The number of nitro benzene ring substituents is 1. The molecule has 1 aromatic heterocycles. The van der Waals surface area contributed by atoms with Gasteiger partial charge >= 0.3 is 5.69 Å². The van der Waals surface area contributed by atoms with E-state index >= 15 is 0 Å². The first kappa shape index (κ1) is 10.2. The third-order valence-corrected chi connectivity index (χ3v) is 2.12. The van der Waals surface area contributed by atoms with Crippen molar-refractivity contribution < 1.29 is 9.72 Å². The number of carbonyl (C=O) groups excluding carboxylic acids is 1. The van der Waals surface area contributed by atoms with Crippen LogP contribution >= 0.6 is 0 Å². The van der Waals surface area contributed by atoms with Gasteiger partial charge in [0, 0.05) is 19.2 Å². The van der Waals surface area contributed by atoms with Crippen LogP contribution in [0.15, 0.2) is 18.3 Å². The number of H-pyrrole nitrogens is 1. The number of nitrogens with one attached hydrogen (secondary N) is 2. The van der Waals surface area contributed by atoms with Crippen LogP contribution in [0.5, 0.6) is 0 Å². The Morgan fingerprint density at radius 1 is 1.56 bits per heavy atom. The zero-order valence-corrected chi connectivity index (χ0v) is 8.40. The molecule has 0 unspecified atom stereocenters. The van der Waals surface area contributed by atoms with E-state index in [-0.39, 0.29) is 17.3 Å². The summed E-state index contributed by atoms with van der Waals surface area (Å²) in [4.78, 5) is 24.1. The van der Waals surface area contributed by atoms with Gasteiger partial charge in [-0.25, -0.2) is 0 Å². The summed E-state index contributed by atoms with van der Waals surface area (Å²) in [6, 6.07) is 5.88. The molecule has 16 heavy (non-hydrogen) atoms. The molecule has 0 aliphatic carbocycles. The molecule has 2 N–H and O–H groups in total. The summed E-state index contributed by atoms with van der Waals surface area (Å²) in [7, 11) is 0. The fraction of sp³-hybridized carbons (Fsp3) is 0.100. The number of anilines is 1. The van der Waals surface area contributed by atoms with Crippen molar-refractivity contribution in [2.24, 2.45) is 0 Å². The average Bonchev–Trinajstić information content (AvgIpc) is 2.63. The Bertz CT molecular complexity index is 574. The fourth-order valence-corrected chi connectivity index (χ4v) is 1.52. The highest BCUT2D eigenvalue weighted by molar-refractivity contribution is 6.00. The molecule has 0 saturated heterocycles. The van der Waals surface area contributed by atoms with E-state index in [4.69, 9.17) is 0 Å². The number of nitro groups is 1. The zero-order valence-electron chi connectivity index (χ0n) is 8.40. The molecule has 1 aromatic carbocycles. The Labute approximate surface area is 90.4 Å². The first-order valence-electron chi connectivity index (χ1n) is 4.53. The van der Waals surface area contributed by atoms with Gasteiger partial charge < -0.3 is 10.3 Å². The molecule has 0 atom stereocenters. The fourth-order valence-electron chi connectivity index (χ4n) is 1.52. The number of carbonyl (C=O) groups is 1. The van der Waals surface area contributed by atoms with E-state index in [1.807, 2.05) is 0 Å². The summed E-state index contributed by atoms with van der Waals surface area (Å²) < 4.78 is 0. The Balaban J connectivity index is 2.68. The maximum atomic E-state index is 10.9. The molecule has 6 nitrogen and oxygen atoms in total. The molecule has 1 radical (unpaired) electrons. The van der Waals surface area contributed by atoms with Gasteiger partial charge in [-0.3, -0.25) is 14.9 Å². The van der Waals surface area contributed by atoms with Gasteiger partial charge in [-0.05, 0) is 12.1 Å². The molecule has 1 amide bonds. The molecule has 1 heterocycles. The molecule has 2 aromatic rings. The number of aromatic nitrogens is 1. The maximum Gasteiger partial charge on any atom is 0.302 e. The predicted octanol–water partition coefficient (Wildman–Crippen LogP) is 1.83. The van der Waals surface area contributed by atoms with Gasteiger partial charge in [0.15, 0.2) is 0 Å².